The van der Waals surface area contributed by atoms with Crippen molar-refractivity contribution >= 4 is 11.4 Å². The zero-order chi connectivity index (χ0) is 27.6. The van der Waals surface area contributed by atoms with Gasteiger partial charge in [0, 0.05) is 13.6 Å². The van der Waals surface area contributed by atoms with E-state index in [1.807, 2.05) is 18.2 Å². The minimum atomic E-state index is -0.312. The van der Waals surface area contributed by atoms with E-state index >= 15 is 0 Å². The lowest BCUT2D eigenvalue weighted by atomic mass is 9.70. The average Bonchev–Trinajstić information content (AvgIpc) is 3.49. The van der Waals surface area contributed by atoms with Gasteiger partial charge in [-0.15, -0.1) is 0 Å². The smallest absolute Gasteiger partial charge is 0.0725 e. The molecule has 6 aromatic rings. The Bertz CT molecular complexity index is 1900. The number of nitrogens with zero attached hydrogens (tertiary/aromatic N) is 1. The van der Waals surface area contributed by atoms with Gasteiger partial charge in [-0.1, -0.05) is 127 Å². The maximum absolute atomic E-state index is 6.23. The molecule has 6 aromatic carbocycles. The highest BCUT2D eigenvalue weighted by Crippen LogP contribution is 2.63. The molecule has 0 unspecified atom stereocenters. The number of hydrogen-bond donors (Lipinski definition) is 1. The van der Waals surface area contributed by atoms with Crippen LogP contribution in [0.4, 0.5) is 11.4 Å². The summed E-state index contributed by atoms with van der Waals surface area (Å²) >= 11 is 0. The Kier molecular flexibility index (Phi) is 5.20. The fourth-order valence-electron chi connectivity index (χ4n) is 7.37. The summed E-state index contributed by atoms with van der Waals surface area (Å²) < 4.78 is 0. The van der Waals surface area contributed by atoms with Crippen molar-refractivity contribution in [2.75, 3.05) is 17.7 Å². The summed E-state index contributed by atoms with van der Waals surface area (Å²) in [4.78, 5) is 2.21. The van der Waals surface area contributed by atoms with Crippen molar-refractivity contribution in [2.24, 2.45) is 0 Å². The van der Waals surface area contributed by atoms with Gasteiger partial charge in [-0.3, -0.25) is 0 Å². The van der Waals surface area contributed by atoms with Crippen molar-refractivity contribution in [1.29, 1.82) is 0 Å². The highest BCUT2D eigenvalue weighted by Gasteiger charge is 2.51. The minimum Gasteiger partial charge on any atom is -0.397 e. The van der Waals surface area contributed by atoms with Crippen molar-refractivity contribution < 1.29 is 0 Å². The lowest BCUT2D eigenvalue weighted by Crippen LogP contribution is -2.25. The Morgan fingerprint density at radius 1 is 0.512 bits per heavy atom. The Labute approximate surface area is 241 Å². The predicted octanol–water partition coefficient (Wildman–Crippen LogP) is 8.92. The first-order valence-corrected chi connectivity index (χ1v) is 14.3. The molecule has 196 valence electrons. The van der Waals surface area contributed by atoms with Crippen LogP contribution >= 0.6 is 0 Å². The van der Waals surface area contributed by atoms with Gasteiger partial charge >= 0.3 is 0 Å². The lowest BCUT2D eigenvalue weighted by molar-refractivity contribution is 0.794. The van der Waals surface area contributed by atoms with E-state index < -0.39 is 0 Å². The molecule has 0 saturated heterocycles. The van der Waals surface area contributed by atoms with Crippen LogP contribution in [0.3, 0.4) is 0 Å². The zero-order valence-corrected chi connectivity index (χ0v) is 23.0. The maximum Gasteiger partial charge on any atom is 0.0725 e. The Morgan fingerprint density at radius 3 is 1.68 bits per heavy atom. The third-order valence-electron chi connectivity index (χ3n) is 9.05. The summed E-state index contributed by atoms with van der Waals surface area (Å²) in [6.07, 6.45) is 0. The molecule has 0 heterocycles. The summed E-state index contributed by atoms with van der Waals surface area (Å²) in [7, 11) is 2.09. The number of hydrogen-bond acceptors (Lipinski definition) is 2. The number of benzene rings is 6. The third kappa shape index (κ3) is 3.31. The molecule has 2 aliphatic carbocycles. The lowest BCUT2D eigenvalue weighted by Gasteiger charge is -2.30. The summed E-state index contributed by atoms with van der Waals surface area (Å²) in [6, 6.07) is 50.9. The molecular weight excluding hydrogens is 496 g/mol. The van der Waals surface area contributed by atoms with Crippen LogP contribution in [0, 0.1) is 0 Å². The fourth-order valence-corrected chi connectivity index (χ4v) is 7.37. The highest BCUT2D eigenvalue weighted by molar-refractivity contribution is 5.99. The normalized spacial score (nSPS) is 13.4. The first-order valence-electron chi connectivity index (χ1n) is 14.3. The molecule has 0 radical (unpaired) electrons. The SMILES string of the molecule is CN(Cc1ccc(-c2cccc3c2-c2ccccc2C32c3ccccc3-c3ccccc32)cc1)c1ccccc1N. The average molecular weight is 527 g/mol. The van der Waals surface area contributed by atoms with Gasteiger partial charge in [-0.2, -0.15) is 0 Å². The van der Waals surface area contributed by atoms with Gasteiger partial charge in [0.1, 0.15) is 0 Å². The number of rotatable bonds is 4. The van der Waals surface area contributed by atoms with Crippen molar-refractivity contribution in [3.8, 4) is 33.4 Å². The molecule has 8 rings (SSSR count). The van der Waals surface area contributed by atoms with Gasteiger partial charge in [-0.25, -0.2) is 0 Å². The van der Waals surface area contributed by atoms with E-state index in [-0.39, 0.29) is 5.41 Å². The number of fused-ring (bicyclic) bond motifs is 10. The molecule has 0 aliphatic heterocycles. The quantitative estimate of drug-likeness (QED) is 0.232. The number of anilines is 2. The molecule has 2 aliphatic rings. The summed E-state index contributed by atoms with van der Waals surface area (Å²) in [5, 5.41) is 0. The monoisotopic (exact) mass is 526 g/mol. The van der Waals surface area contributed by atoms with Gasteiger partial charge in [0.25, 0.3) is 0 Å². The van der Waals surface area contributed by atoms with Gasteiger partial charge in [0.05, 0.1) is 16.8 Å². The first-order chi connectivity index (χ1) is 20.2. The van der Waals surface area contributed by atoms with E-state index in [9.17, 15) is 0 Å². The van der Waals surface area contributed by atoms with Crippen molar-refractivity contribution in [2.45, 2.75) is 12.0 Å². The van der Waals surface area contributed by atoms with Gasteiger partial charge in [-0.05, 0) is 73.3 Å². The Balaban J connectivity index is 1.27. The molecule has 2 N–H and O–H groups in total. The molecule has 2 heteroatoms. The van der Waals surface area contributed by atoms with E-state index in [4.69, 9.17) is 5.73 Å². The van der Waals surface area contributed by atoms with Gasteiger partial charge in [0.2, 0.25) is 0 Å². The van der Waals surface area contributed by atoms with E-state index in [1.54, 1.807) is 0 Å². The molecule has 2 nitrogen and oxygen atoms in total. The van der Waals surface area contributed by atoms with Crippen LogP contribution in [0.5, 0.6) is 0 Å². The first kappa shape index (κ1) is 23.8. The molecule has 0 saturated carbocycles. The van der Waals surface area contributed by atoms with E-state index in [0.29, 0.717) is 0 Å². The molecule has 41 heavy (non-hydrogen) atoms. The van der Waals surface area contributed by atoms with Crippen molar-refractivity contribution in [3.63, 3.8) is 0 Å². The summed E-state index contributed by atoms with van der Waals surface area (Å²) in [5.41, 5.74) is 22.4. The van der Waals surface area contributed by atoms with Crippen LogP contribution < -0.4 is 10.6 Å². The molecule has 0 amide bonds. The van der Waals surface area contributed by atoms with Crippen LogP contribution in [0.1, 0.15) is 27.8 Å². The van der Waals surface area contributed by atoms with Crippen molar-refractivity contribution in [1.82, 2.24) is 0 Å². The van der Waals surface area contributed by atoms with Gasteiger partial charge < -0.3 is 10.6 Å². The molecular formula is C39H30N2. The minimum absolute atomic E-state index is 0.312. The molecule has 0 aromatic heterocycles. The Hall–Kier alpha value is -5.08. The predicted molar refractivity (Wildman–Crippen MR) is 171 cm³/mol. The van der Waals surface area contributed by atoms with E-state index in [0.717, 1.165) is 17.9 Å². The topological polar surface area (TPSA) is 29.3 Å². The summed E-state index contributed by atoms with van der Waals surface area (Å²) in [5.74, 6) is 0. The second kappa shape index (κ2) is 8.97. The van der Waals surface area contributed by atoms with Crippen LogP contribution in [0.2, 0.25) is 0 Å². The van der Waals surface area contributed by atoms with Crippen LogP contribution in [-0.4, -0.2) is 7.05 Å². The number of para-hydroxylation sites is 2. The maximum atomic E-state index is 6.23. The van der Waals surface area contributed by atoms with E-state index in [2.05, 4.69) is 133 Å². The molecule has 0 bridgehead atoms. The fraction of sp³-hybridized carbons (Fsp3) is 0.0769. The molecule has 1 spiro atoms. The second-order valence-corrected chi connectivity index (χ2v) is 11.2. The van der Waals surface area contributed by atoms with Crippen LogP contribution in [0.15, 0.2) is 140 Å². The molecule has 0 fully saturated rings. The van der Waals surface area contributed by atoms with Gasteiger partial charge in [0.15, 0.2) is 0 Å². The number of nitrogen functional groups attached to an aromatic ring is 1. The van der Waals surface area contributed by atoms with E-state index in [1.165, 1.54) is 61.2 Å². The largest absolute Gasteiger partial charge is 0.397 e. The summed E-state index contributed by atoms with van der Waals surface area (Å²) in [6.45, 7) is 0.793. The zero-order valence-electron chi connectivity index (χ0n) is 23.0. The second-order valence-electron chi connectivity index (χ2n) is 11.2. The molecule has 0 atom stereocenters. The third-order valence-corrected chi connectivity index (χ3v) is 9.05. The highest BCUT2D eigenvalue weighted by atomic mass is 15.1. The Morgan fingerprint density at radius 2 is 1.02 bits per heavy atom. The van der Waals surface area contributed by atoms with Crippen LogP contribution in [0.25, 0.3) is 33.4 Å². The van der Waals surface area contributed by atoms with Crippen molar-refractivity contribution in [3.05, 3.63) is 167 Å². The standard InChI is InChI=1S/C39H30N2/c1-41(37-20-9-8-19-36(37)40)25-26-21-23-27(24-22-26)28-14-10-18-35-38(28)31-13-4-7-17-34(31)39(35)32-15-5-2-11-29(32)30-12-3-6-16-33(30)39/h2-24H,25,40H2,1H3. The van der Waals surface area contributed by atoms with Crippen LogP contribution in [-0.2, 0) is 12.0 Å². The number of nitrogens with two attached hydrogens (primary N) is 1.